The predicted octanol–water partition coefficient (Wildman–Crippen LogP) is 3.27. The quantitative estimate of drug-likeness (QED) is 0.466. The van der Waals surface area contributed by atoms with Crippen LogP contribution in [0.2, 0.25) is 0 Å². The first-order chi connectivity index (χ1) is 13.5. The molecule has 4 rings (SSSR count). The van der Waals surface area contributed by atoms with Crippen LogP contribution in [-0.2, 0) is 22.9 Å². The van der Waals surface area contributed by atoms with Gasteiger partial charge in [-0.15, -0.1) is 10.2 Å². The van der Waals surface area contributed by atoms with E-state index < -0.39 is 10.0 Å². The molecule has 0 atom stereocenters. The van der Waals surface area contributed by atoms with Gasteiger partial charge in [0.05, 0.1) is 4.90 Å². The van der Waals surface area contributed by atoms with E-state index in [1.807, 2.05) is 6.07 Å². The van der Waals surface area contributed by atoms with Crippen LogP contribution in [0.3, 0.4) is 0 Å². The Morgan fingerprint density at radius 2 is 1.82 bits per heavy atom. The highest BCUT2D eigenvalue weighted by Crippen LogP contribution is 2.22. The molecule has 144 valence electrons. The van der Waals surface area contributed by atoms with Gasteiger partial charge in [0.1, 0.15) is 5.01 Å². The number of nitrogens with zero attached hydrogens (tertiary/aromatic N) is 4. The Morgan fingerprint density at radius 1 is 1.04 bits per heavy atom. The second kappa shape index (κ2) is 7.69. The molecule has 4 aromatic rings. The summed E-state index contributed by atoms with van der Waals surface area (Å²) in [5.41, 5.74) is 7.11. The number of pyridine rings is 1. The fraction of sp³-hybridized carbons (Fsp3) is 0.211. The smallest absolute Gasteiger partial charge is 0.269 e. The molecular formula is C19H19N5O2S2. The number of nitrogen functional groups attached to an aromatic ring is 1. The molecule has 2 N–H and O–H groups in total. The summed E-state index contributed by atoms with van der Waals surface area (Å²) in [5, 5.41) is 10.1. The molecule has 0 amide bonds. The van der Waals surface area contributed by atoms with E-state index in [1.54, 1.807) is 48.8 Å². The van der Waals surface area contributed by atoms with Crippen molar-refractivity contribution in [1.82, 2.24) is 19.2 Å². The first kappa shape index (κ1) is 18.6. The largest absolute Gasteiger partial charge is 0.374 e. The molecular weight excluding hydrogens is 394 g/mol. The van der Waals surface area contributed by atoms with Crippen molar-refractivity contribution in [3.63, 3.8) is 0 Å². The molecule has 7 nitrogen and oxygen atoms in total. The Labute approximate surface area is 166 Å². The van der Waals surface area contributed by atoms with Crippen molar-refractivity contribution < 1.29 is 8.42 Å². The van der Waals surface area contributed by atoms with E-state index >= 15 is 0 Å². The summed E-state index contributed by atoms with van der Waals surface area (Å²) in [4.78, 5) is 4.67. The first-order valence-electron chi connectivity index (χ1n) is 8.88. The van der Waals surface area contributed by atoms with Crippen LogP contribution in [0, 0.1) is 0 Å². The molecule has 3 aromatic heterocycles. The number of hydrogen-bond acceptors (Lipinski definition) is 7. The van der Waals surface area contributed by atoms with Crippen molar-refractivity contribution in [1.29, 1.82) is 0 Å². The molecule has 0 aliphatic carbocycles. The number of anilines is 1. The predicted molar refractivity (Wildman–Crippen MR) is 110 cm³/mol. The van der Waals surface area contributed by atoms with E-state index in [2.05, 4.69) is 15.2 Å². The highest BCUT2D eigenvalue weighted by Gasteiger charge is 2.19. The van der Waals surface area contributed by atoms with Gasteiger partial charge in [-0.1, -0.05) is 29.5 Å². The zero-order valence-electron chi connectivity index (χ0n) is 15.0. The third kappa shape index (κ3) is 3.76. The highest BCUT2D eigenvalue weighted by molar-refractivity contribution is 7.90. The SMILES string of the molecule is Nc1nnc(CCCCc2cnc3c(ccn3S(=O)(=O)c3ccccc3)c2)s1. The summed E-state index contributed by atoms with van der Waals surface area (Å²) in [5.74, 6) is 0. The lowest BCUT2D eigenvalue weighted by Crippen LogP contribution is -2.12. The average Bonchev–Trinajstić information content (AvgIpc) is 3.32. The Balaban J connectivity index is 1.47. The minimum Gasteiger partial charge on any atom is -0.374 e. The van der Waals surface area contributed by atoms with Gasteiger partial charge in [-0.2, -0.15) is 0 Å². The molecule has 0 fully saturated rings. The van der Waals surface area contributed by atoms with E-state index in [0.29, 0.717) is 10.8 Å². The second-order valence-electron chi connectivity index (χ2n) is 6.43. The van der Waals surface area contributed by atoms with Crippen molar-refractivity contribution in [2.75, 3.05) is 5.73 Å². The number of aryl methyl sites for hydroxylation is 2. The van der Waals surface area contributed by atoms with Gasteiger partial charge in [0, 0.05) is 24.2 Å². The lowest BCUT2D eigenvalue weighted by atomic mass is 10.1. The summed E-state index contributed by atoms with van der Waals surface area (Å²) in [6, 6.07) is 12.2. The van der Waals surface area contributed by atoms with Crippen LogP contribution in [0.4, 0.5) is 5.13 Å². The maximum Gasteiger partial charge on any atom is 0.269 e. The van der Waals surface area contributed by atoms with E-state index in [9.17, 15) is 8.42 Å². The molecule has 0 radical (unpaired) electrons. The summed E-state index contributed by atoms with van der Waals surface area (Å²) in [6.45, 7) is 0. The van der Waals surface area contributed by atoms with Gasteiger partial charge in [-0.3, -0.25) is 0 Å². The molecule has 0 bridgehead atoms. The Morgan fingerprint density at radius 3 is 2.57 bits per heavy atom. The van der Waals surface area contributed by atoms with Gasteiger partial charge in [-0.25, -0.2) is 17.4 Å². The van der Waals surface area contributed by atoms with Crippen molar-refractivity contribution in [2.24, 2.45) is 0 Å². The lowest BCUT2D eigenvalue weighted by Gasteiger charge is -2.07. The number of fused-ring (bicyclic) bond motifs is 1. The number of unbranched alkanes of at least 4 members (excludes halogenated alkanes) is 1. The summed E-state index contributed by atoms with van der Waals surface area (Å²) >= 11 is 1.42. The van der Waals surface area contributed by atoms with Crippen LogP contribution in [0.25, 0.3) is 11.0 Å². The molecule has 0 saturated carbocycles. The highest BCUT2D eigenvalue weighted by atomic mass is 32.2. The van der Waals surface area contributed by atoms with Crippen LogP contribution in [0.15, 0.2) is 59.8 Å². The number of rotatable bonds is 7. The van der Waals surface area contributed by atoms with Crippen LogP contribution >= 0.6 is 11.3 Å². The maximum atomic E-state index is 12.8. The number of benzene rings is 1. The van der Waals surface area contributed by atoms with Crippen molar-refractivity contribution >= 4 is 37.5 Å². The molecule has 3 heterocycles. The van der Waals surface area contributed by atoms with Crippen molar-refractivity contribution in [3.05, 3.63) is 65.4 Å². The van der Waals surface area contributed by atoms with Crippen LogP contribution in [-0.4, -0.2) is 27.6 Å². The minimum atomic E-state index is -3.65. The normalized spacial score (nSPS) is 11.9. The Kier molecular flexibility index (Phi) is 5.10. The van der Waals surface area contributed by atoms with E-state index in [1.165, 1.54) is 15.3 Å². The summed E-state index contributed by atoms with van der Waals surface area (Å²) in [7, 11) is -3.65. The van der Waals surface area contributed by atoms with Gasteiger partial charge in [0.2, 0.25) is 5.13 Å². The van der Waals surface area contributed by atoms with E-state index in [4.69, 9.17) is 5.73 Å². The molecule has 0 spiro atoms. The molecule has 0 unspecified atom stereocenters. The summed E-state index contributed by atoms with van der Waals surface area (Å²) < 4.78 is 26.9. The van der Waals surface area contributed by atoms with Crippen LogP contribution in [0.5, 0.6) is 0 Å². The number of aromatic nitrogens is 4. The fourth-order valence-corrected chi connectivity index (χ4v) is 5.04. The molecule has 9 heteroatoms. The fourth-order valence-electron chi connectivity index (χ4n) is 3.06. The zero-order chi connectivity index (χ0) is 19.6. The van der Waals surface area contributed by atoms with Crippen molar-refractivity contribution in [3.8, 4) is 0 Å². The third-order valence-corrected chi connectivity index (χ3v) is 6.93. The molecule has 0 saturated heterocycles. The Bertz CT molecular complexity index is 1200. The van der Waals surface area contributed by atoms with Gasteiger partial charge >= 0.3 is 0 Å². The average molecular weight is 414 g/mol. The maximum absolute atomic E-state index is 12.8. The topological polar surface area (TPSA) is 104 Å². The first-order valence-corrected chi connectivity index (χ1v) is 11.1. The van der Waals surface area contributed by atoms with Gasteiger partial charge in [0.15, 0.2) is 5.65 Å². The Hall–Kier alpha value is -2.78. The van der Waals surface area contributed by atoms with E-state index in [-0.39, 0.29) is 4.90 Å². The molecule has 28 heavy (non-hydrogen) atoms. The second-order valence-corrected chi connectivity index (χ2v) is 9.34. The van der Waals surface area contributed by atoms with Gasteiger partial charge < -0.3 is 5.73 Å². The molecule has 0 aliphatic heterocycles. The minimum absolute atomic E-state index is 0.246. The zero-order valence-corrected chi connectivity index (χ0v) is 16.7. The summed E-state index contributed by atoms with van der Waals surface area (Å²) in [6.07, 6.45) is 7.00. The van der Waals surface area contributed by atoms with Gasteiger partial charge in [0.25, 0.3) is 10.0 Å². The van der Waals surface area contributed by atoms with Crippen molar-refractivity contribution in [2.45, 2.75) is 30.6 Å². The van der Waals surface area contributed by atoms with Crippen LogP contribution in [0.1, 0.15) is 23.4 Å². The van der Waals surface area contributed by atoms with Crippen LogP contribution < -0.4 is 5.73 Å². The number of nitrogens with two attached hydrogens (primary N) is 1. The monoisotopic (exact) mass is 413 g/mol. The lowest BCUT2D eigenvalue weighted by molar-refractivity contribution is 0.588. The number of hydrogen-bond donors (Lipinski definition) is 1. The molecule has 1 aromatic carbocycles. The molecule has 0 aliphatic rings. The van der Waals surface area contributed by atoms with E-state index in [0.717, 1.165) is 41.6 Å². The third-order valence-electron chi connectivity index (χ3n) is 4.44. The van der Waals surface area contributed by atoms with Gasteiger partial charge in [-0.05, 0) is 49.1 Å². The standard InChI is InChI=1S/C19H19N5O2S2/c20-19-23-22-17(27-19)9-5-4-6-14-12-15-10-11-24(18(15)21-13-14)28(25,26)16-7-2-1-3-8-16/h1-3,7-8,10-13H,4-6,9H2,(H2,20,23).